The lowest BCUT2D eigenvalue weighted by molar-refractivity contribution is -0.115. The minimum atomic E-state index is -0.333. The number of hydrogen-bond donors (Lipinski definition) is 1. The second-order valence-electron chi connectivity index (χ2n) is 5.84. The molecule has 1 N–H and O–H groups in total. The molecule has 1 atom stereocenters. The van der Waals surface area contributed by atoms with E-state index in [9.17, 15) is 9.59 Å². The summed E-state index contributed by atoms with van der Waals surface area (Å²) in [7, 11) is 0. The molecule has 2 aromatic rings. The van der Waals surface area contributed by atoms with Gasteiger partial charge >= 0.3 is 5.97 Å². The largest absolute Gasteiger partial charge is 0.462 e. The van der Waals surface area contributed by atoms with Gasteiger partial charge in [-0.2, -0.15) is 0 Å². The number of carbonyl (C=O) groups excluding carboxylic acids is 2. The minimum Gasteiger partial charge on any atom is -0.462 e. The van der Waals surface area contributed by atoms with Crippen molar-refractivity contribution in [3.05, 3.63) is 46.3 Å². The molecule has 4 nitrogen and oxygen atoms in total. The van der Waals surface area contributed by atoms with Crippen LogP contribution >= 0.6 is 23.1 Å². The molecule has 1 aromatic heterocycles. The number of esters is 1. The van der Waals surface area contributed by atoms with E-state index in [1.54, 1.807) is 6.92 Å². The number of amides is 1. The summed E-state index contributed by atoms with van der Waals surface area (Å²) >= 11 is 3.02. The molecule has 0 aliphatic heterocycles. The summed E-state index contributed by atoms with van der Waals surface area (Å²) in [6.45, 7) is 4.00. The molecular weight excluding hydrogens is 354 g/mol. The van der Waals surface area contributed by atoms with Crippen molar-refractivity contribution < 1.29 is 14.3 Å². The van der Waals surface area contributed by atoms with Crippen molar-refractivity contribution in [1.82, 2.24) is 0 Å². The lowest BCUT2D eigenvalue weighted by Gasteiger charge is -2.12. The molecule has 0 bridgehead atoms. The van der Waals surface area contributed by atoms with E-state index in [1.165, 1.54) is 28.0 Å². The maximum absolute atomic E-state index is 12.6. The quantitative estimate of drug-likeness (QED) is 0.595. The van der Waals surface area contributed by atoms with Crippen LogP contribution in [0.1, 0.15) is 41.1 Å². The molecule has 0 fully saturated rings. The Kier molecular flexibility index (Phi) is 5.81. The number of thioether (sulfide) groups is 1. The molecule has 0 radical (unpaired) electrons. The summed E-state index contributed by atoms with van der Waals surface area (Å²) < 4.78 is 5.20. The molecule has 0 spiro atoms. The topological polar surface area (TPSA) is 55.4 Å². The Morgan fingerprint density at radius 1 is 1.28 bits per heavy atom. The predicted octanol–water partition coefficient (Wildman–Crippen LogP) is 4.53. The first-order valence-electron chi connectivity index (χ1n) is 8.44. The molecule has 1 amide bonds. The van der Waals surface area contributed by atoms with Crippen LogP contribution < -0.4 is 5.32 Å². The van der Waals surface area contributed by atoms with Gasteiger partial charge in [-0.3, -0.25) is 4.79 Å². The van der Waals surface area contributed by atoms with E-state index in [-0.39, 0.29) is 17.1 Å². The number of hydrogen-bond acceptors (Lipinski definition) is 5. The Bertz CT molecular complexity index is 770. The molecule has 0 saturated heterocycles. The normalized spacial score (nSPS) is 14.0. The first kappa shape index (κ1) is 18.0. The molecular formula is C19H21NO3S2. The van der Waals surface area contributed by atoms with Crippen LogP contribution in [0.15, 0.2) is 35.2 Å². The fourth-order valence-electron chi connectivity index (χ4n) is 2.88. The van der Waals surface area contributed by atoms with Crippen LogP contribution in [0.4, 0.5) is 5.00 Å². The highest BCUT2D eigenvalue weighted by molar-refractivity contribution is 8.00. The van der Waals surface area contributed by atoms with Crippen LogP contribution in [-0.4, -0.2) is 23.7 Å². The third-order valence-corrected chi connectivity index (χ3v) is 6.38. The van der Waals surface area contributed by atoms with Gasteiger partial charge in [0.05, 0.1) is 17.4 Å². The average molecular weight is 376 g/mol. The molecule has 1 aromatic carbocycles. The fraction of sp³-hybridized carbons (Fsp3) is 0.368. The number of aryl methyl sites for hydroxylation is 1. The summed E-state index contributed by atoms with van der Waals surface area (Å²) in [5, 5.41) is 3.34. The molecule has 25 heavy (non-hydrogen) atoms. The molecule has 132 valence electrons. The summed E-state index contributed by atoms with van der Waals surface area (Å²) in [6, 6.07) is 9.83. The van der Waals surface area contributed by atoms with E-state index in [2.05, 4.69) is 5.32 Å². The number of anilines is 1. The van der Waals surface area contributed by atoms with Gasteiger partial charge in [-0.05, 0) is 50.8 Å². The highest BCUT2D eigenvalue weighted by atomic mass is 32.2. The highest BCUT2D eigenvalue weighted by Gasteiger charge is 2.29. The molecule has 1 aliphatic rings. The van der Waals surface area contributed by atoms with Crippen LogP contribution in [0.25, 0.3) is 0 Å². The number of nitrogens with one attached hydrogen (secondary N) is 1. The van der Waals surface area contributed by atoms with Gasteiger partial charge in [-0.15, -0.1) is 23.1 Å². The zero-order chi connectivity index (χ0) is 17.8. The van der Waals surface area contributed by atoms with Crippen LogP contribution in [0, 0.1) is 0 Å². The van der Waals surface area contributed by atoms with E-state index in [4.69, 9.17) is 4.74 Å². The molecule has 3 rings (SSSR count). The predicted molar refractivity (Wildman–Crippen MR) is 103 cm³/mol. The summed E-state index contributed by atoms with van der Waals surface area (Å²) in [4.78, 5) is 27.2. The Morgan fingerprint density at radius 3 is 2.76 bits per heavy atom. The van der Waals surface area contributed by atoms with Gasteiger partial charge in [-0.25, -0.2) is 4.79 Å². The maximum Gasteiger partial charge on any atom is 0.341 e. The van der Waals surface area contributed by atoms with Crippen molar-refractivity contribution in [3.63, 3.8) is 0 Å². The molecule has 1 aliphatic carbocycles. The van der Waals surface area contributed by atoms with Gasteiger partial charge in [0.1, 0.15) is 5.00 Å². The second-order valence-corrected chi connectivity index (χ2v) is 8.36. The Hall–Kier alpha value is -1.79. The zero-order valence-corrected chi connectivity index (χ0v) is 16.0. The summed E-state index contributed by atoms with van der Waals surface area (Å²) in [5.74, 6) is -0.431. The van der Waals surface area contributed by atoms with Crippen LogP contribution in [0.2, 0.25) is 0 Å². The number of carbonyl (C=O) groups is 2. The van der Waals surface area contributed by atoms with Crippen molar-refractivity contribution in [2.45, 2.75) is 43.3 Å². The number of fused-ring (bicyclic) bond motifs is 1. The molecule has 0 unspecified atom stereocenters. The van der Waals surface area contributed by atoms with Crippen molar-refractivity contribution in [2.75, 3.05) is 11.9 Å². The smallest absolute Gasteiger partial charge is 0.341 e. The Morgan fingerprint density at radius 2 is 2.04 bits per heavy atom. The lowest BCUT2D eigenvalue weighted by atomic mass is 10.1. The van der Waals surface area contributed by atoms with Gasteiger partial charge in [0.15, 0.2) is 0 Å². The van der Waals surface area contributed by atoms with E-state index >= 15 is 0 Å². The zero-order valence-electron chi connectivity index (χ0n) is 14.3. The van der Waals surface area contributed by atoms with E-state index in [0.717, 1.165) is 29.7 Å². The van der Waals surface area contributed by atoms with E-state index in [1.807, 2.05) is 37.3 Å². The number of rotatable bonds is 6. The first-order valence-corrected chi connectivity index (χ1v) is 10.1. The molecule has 6 heteroatoms. The third-order valence-electron chi connectivity index (χ3n) is 4.06. The monoisotopic (exact) mass is 375 g/mol. The Labute approximate surface area is 156 Å². The van der Waals surface area contributed by atoms with Gasteiger partial charge < -0.3 is 10.1 Å². The lowest BCUT2D eigenvalue weighted by Crippen LogP contribution is -2.23. The average Bonchev–Trinajstić information content (AvgIpc) is 3.16. The Balaban J connectivity index is 1.76. The minimum absolute atomic E-state index is 0.0978. The van der Waals surface area contributed by atoms with Crippen molar-refractivity contribution in [1.29, 1.82) is 0 Å². The van der Waals surface area contributed by atoms with Crippen LogP contribution in [0.5, 0.6) is 0 Å². The standard InChI is InChI=1S/C19H21NO3S2/c1-3-23-19(22)16-14-10-7-11-15(14)25-18(16)20-17(21)12(2)24-13-8-5-4-6-9-13/h4-6,8-9,12H,3,7,10-11H2,1-2H3,(H,20,21)/t12-/m1/s1. The van der Waals surface area contributed by atoms with Crippen LogP contribution in [0.3, 0.4) is 0 Å². The fourth-order valence-corrected chi connectivity index (χ4v) is 5.05. The number of ether oxygens (including phenoxy) is 1. The van der Waals surface area contributed by atoms with Crippen LogP contribution in [-0.2, 0) is 22.4 Å². The molecule has 0 saturated carbocycles. The number of thiophene rings is 1. The molecule has 1 heterocycles. The van der Waals surface area contributed by atoms with Crippen molar-refractivity contribution in [2.24, 2.45) is 0 Å². The van der Waals surface area contributed by atoms with E-state index < -0.39 is 0 Å². The summed E-state index contributed by atoms with van der Waals surface area (Å²) in [6.07, 6.45) is 2.91. The van der Waals surface area contributed by atoms with Gasteiger partial charge in [-0.1, -0.05) is 18.2 Å². The second kappa shape index (κ2) is 8.06. The first-order chi connectivity index (χ1) is 12.1. The maximum atomic E-state index is 12.6. The number of benzene rings is 1. The summed E-state index contributed by atoms with van der Waals surface area (Å²) in [5.41, 5.74) is 1.62. The van der Waals surface area contributed by atoms with Crippen molar-refractivity contribution in [3.8, 4) is 0 Å². The van der Waals surface area contributed by atoms with E-state index in [0.29, 0.717) is 17.2 Å². The van der Waals surface area contributed by atoms with Gasteiger partial charge in [0.25, 0.3) is 0 Å². The van der Waals surface area contributed by atoms with Gasteiger partial charge in [0, 0.05) is 9.77 Å². The van der Waals surface area contributed by atoms with Crippen molar-refractivity contribution >= 4 is 40.0 Å². The SMILES string of the molecule is CCOC(=O)c1c(NC(=O)[C@@H](C)Sc2ccccc2)sc2c1CCC2. The van der Waals surface area contributed by atoms with Gasteiger partial charge in [0.2, 0.25) is 5.91 Å². The highest BCUT2D eigenvalue weighted by Crippen LogP contribution is 2.40. The third kappa shape index (κ3) is 4.07.